The lowest BCUT2D eigenvalue weighted by molar-refractivity contribution is -0.332. The van der Waals surface area contributed by atoms with Crippen LogP contribution in [0.4, 0.5) is 11.4 Å². The number of fused-ring (bicyclic) bond motifs is 2. The highest BCUT2D eigenvalue weighted by molar-refractivity contribution is 6.03. The third kappa shape index (κ3) is 27.8. The number of carboxylic acids is 3. The number of nitrogens with one attached hydrogen (secondary N) is 1. The van der Waals surface area contributed by atoms with Crippen LogP contribution in [0.25, 0.3) is 0 Å². The van der Waals surface area contributed by atoms with E-state index in [2.05, 4.69) is 288 Å². The first kappa shape index (κ1) is 75.9. The van der Waals surface area contributed by atoms with Gasteiger partial charge >= 0.3 is 0 Å². The third-order valence-electron chi connectivity index (χ3n) is 13.9. The van der Waals surface area contributed by atoms with Crippen molar-refractivity contribution in [3.8, 4) is 262 Å². The number of terminal acetylenes is 2. The second-order valence-electron chi connectivity index (χ2n) is 21.2. The number of benzene rings is 2. The first-order valence-corrected chi connectivity index (χ1v) is 30.0. The summed E-state index contributed by atoms with van der Waals surface area (Å²) in [6.45, 7) is 8.76. The van der Waals surface area contributed by atoms with Gasteiger partial charge in [0.05, 0.1) is 41.5 Å². The van der Waals surface area contributed by atoms with Crippen molar-refractivity contribution in [2.24, 2.45) is 0 Å². The van der Waals surface area contributed by atoms with E-state index >= 15 is 0 Å². The third-order valence-corrected chi connectivity index (χ3v) is 13.9. The van der Waals surface area contributed by atoms with Crippen LogP contribution in [0.2, 0.25) is 0 Å². The van der Waals surface area contributed by atoms with Crippen molar-refractivity contribution < 1.29 is 39.1 Å². The molecule has 1 N–H and O–H groups in total. The van der Waals surface area contributed by atoms with E-state index in [9.17, 15) is 34.5 Å². The van der Waals surface area contributed by atoms with Crippen molar-refractivity contribution in [2.75, 3.05) is 83.4 Å². The molecule has 100 heavy (non-hydrogen) atoms. The Morgan fingerprint density at radius 3 is 1.22 bits per heavy atom. The standard InChI is InChI=1S/C86H55N7O7/c1-7-9-11-13-15-17-19-21-23-25-27-29-31-33-35-37-39-41-43-50-58-92-77-53-49-48-52-75(77)85(3,4)79(92)54-46-45-47-55-80-86(5,6)76-68-74(56-57-78(76)93(80)59-51-44-42-40-38-36-34-32-30-28-26-24-22-20-18-16-14-12-10-8-2)69-87-81(94)70-88-60-62-89(71-82(95)96)64-66-91(73-84(99)100)67-65-90(63-61-88)72-83(97)98/h1-2,45-49,52-57,68H,60-67,69-73H2,3-6H3,(H3-,87,94,95,96,97,98,99,100)/p-2. The summed E-state index contributed by atoms with van der Waals surface area (Å²) in [6, 6.07) is 20.2. The van der Waals surface area contributed by atoms with Crippen LogP contribution < -0.4 is 25.5 Å². The maximum absolute atomic E-state index is 13.8. The van der Waals surface area contributed by atoms with Gasteiger partial charge in [-0.15, -0.1) is 17.4 Å². The summed E-state index contributed by atoms with van der Waals surface area (Å²) in [6.07, 6.45) is 19.8. The molecule has 0 radical (unpaired) electrons. The van der Waals surface area contributed by atoms with E-state index in [1.54, 1.807) is 14.7 Å². The lowest BCUT2D eigenvalue weighted by Crippen LogP contribution is -2.52. The first-order chi connectivity index (χ1) is 48.5. The molecule has 5 rings (SSSR count). The highest BCUT2D eigenvalue weighted by atomic mass is 16.4. The zero-order chi connectivity index (χ0) is 71.9. The Bertz CT molecular complexity index is 5230. The summed E-state index contributed by atoms with van der Waals surface area (Å²) in [5, 5.41) is 38.0. The molecule has 2 aromatic carbocycles. The number of carbonyl (C=O) groups excluding carboxylic acids is 4. The van der Waals surface area contributed by atoms with E-state index in [-0.39, 0.29) is 71.4 Å². The molecule has 3 aliphatic rings. The van der Waals surface area contributed by atoms with Gasteiger partial charge in [0.25, 0.3) is 0 Å². The van der Waals surface area contributed by atoms with Crippen LogP contribution in [0.15, 0.2) is 78.5 Å². The predicted octanol–water partition coefficient (Wildman–Crippen LogP) is -0.806. The van der Waals surface area contributed by atoms with Crippen molar-refractivity contribution in [2.45, 2.75) is 45.1 Å². The Balaban J connectivity index is 1.39. The van der Waals surface area contributed by atoms with Gasteiger partial charge in [-0.05, 0) is 132 Å². The van der Waals surface area contributed by atoms with Gasteiger partial charge in [-0.3, -0.25) is 29.3 Å². The number of carboxylic acid groups (broad SMARTS) is 3. The van der Waals surface area contributed by atoms with Gasteiger partial charge in [0.15, 0.2) is 0 Å². The molecule has 476 valence electrons. The van der Waals surface area contributed by atoms with Crippen LogP contribution in [-0.2, 0) is 36.6 Å². The van der Waals surface area contributed by atoms with Gasteiger partial charge < -0.3 is 35.0 Å². The maximum Gasteiger partial charge on any atom is 0.243 e. The Hall–Kier alpha value is -14.8. The number of allylic oxidation sites excluding steroid dienone is 6. The van der Waals surface area contributed by atoms with Gasteiger partial charge in [-0.2, -0.15) is 0 Å². The minimum atomic E-state index is -1.32. The number of nitrogens with zero attached hydrogens (tertiary/aromatic N) is 6. The summed E-state index contributed by atoms with van der Waals surface area (Å²) < 4.78 is 1.92. The fourth-order valence-electron chi connectivity index (χ4n) is 9.37. The first-order valence-electron chi connectivity index (χ1n) is 30.0. The fourth-order valence-corrected chi connectivity index (χ4v) is 9.37. The summed E-state index contributed by atoms with van der Waals surface area (Å²) in [7, 11) is 0. The minimum absolute atomic E-state index is 0.0881. The van der Waals surface area contributed by atoms with Crippen LogP contribution in [0, 0.1) is 262 Å². The fraction of sp³-hybridized carbons (Fsp3) is 0.221. The Morgan fingerprint density at radius 2 is 0.820 bits per heavy atom. The molecule has 2 aromatic rings. The van der Waals surface area contributed by atoms with Gasteiger partial charge in [-0.1, -0.05) is 62.4 Å². The average molecular weight is 1300 g/mol. The Labute approximate surface area is 587 Å². The molecule has 1 amide bonds. The van der Waals surface area contributed by atoms with Crippen molar-refractivity contribution in [1.29, 1.82) is 0 Å². The van der Waals surface area contributed by atoms with E-state index in [0.29, 0.717) is 0 Å². The SMILES string of the molecule is C#CC#CC#CC#CC#CC#CC#CC#CC#CC#CC#CN1/C(=C/C=C/C=C/C2=[N+](C#CC#CC#CC#CC#CC#CC#CC#CC#CC#CC#C)c3ccccc3C2(C)C)C(C)(C)c2cc(CNC(=O)CN3CCN(CC(=O)[O-])CCN(CC(=O)[O-])CCN(CC(=O)[O-])CC3)ccc21. The van der Waals surface area contributed by atoms with Crippen molar-refractivity contribution in [1.82, 2.24) is 24.9 Å². The summed E-state index contributed by atoms with van der Waals surface area (Å²) in [5.74, 6) is 97.7. The molecule has 14 heteroatoms. The van der Waals surface area contributed by atoms with Gasteiger partial charge in [0, 0.05) is 250 Å². The molecule has 1 saturated heterocycles. The molecule has 14 nitrogen and oxygen atoms in total. The van der Waals surface area contributed by atoms with Crippen molar-refractivity contribution in [3.63, 3.8) is 0 Å². The molecule has 0 unspecified atom stereocenters. The van der Waals surface area contributed by atoms with Crippen LogP contribution in [0.3, 0.4) is 0 Å². The normalized spacial score (nSPS) is 13.4. The molecule has 0 bridgehead atoms. The van der Waals surface area contributed by atoms with Crippen molar-refractivity contribution >= 4 is 40.9 Å². The minimum Gasteiger partial charge on any atom is -0.549 e. The Morgan fingerprint density at radius 1 is 0.450 bits per heavy atom. The largest absolute Gasteiger partial charge is 0.549 e. The number of rotatable bonds is 13. The molecule has 3 heterocycles. The predicted molar refractivity (Wildman–Crippen MR) is 379 cm³/mol. The van der Waals surface area contributed by atoms with Crippen LogP contribution in [0.5, 0.6) is 0 Å². The number of hydrogen-bond donors (Lipinski definition) is 1. The molecule has 0 spiro atoms. The smallest absolute Gasteiger partial charge is 0.243 e. The highest BCUT2D eigenvalue weighted by Gasteiger charge is 2.44. The lowest BCUT2D eigenvalue weighted by atomic mass is 9.81. The monoisotopic (exact) mass is 1300 g/mol. The van der Waals surface area contributed by atoms with Gasteiger partial charge in [0.2, 0.25) is 23.4 Å². The number of para-hydroxylation sites is 1. The van der Waals surface area contributed by atoms with E-state index < -0.39 is 48.4 Å². The van der Waals surface area contributed by atoms with E-state index in [1.165, 1.54) is 0 Å². The number of hydrogen-bond acceptors (Lipinski definition) is 12. The number of anilines is 1. The van der Waals surface area contributed by atoms with E-state index in [4.69, 9.17) is 12.8 Å². The van der Waals surface area contributed by atoms with Gasteiger partial charge in [-0.25, -0.2) is 0 Å². The van der Waals surface area contributed by atoms with E-state index in [1.807, 2.05) is 81.2 Å². The summed E-state index contributed by atoms with van der Waals surface area (Å²) in [5.41, 5.74) is 5.14. The zero-order valence-corrected chi connectivity index (χ0v) is 54.8. The van der Waals surface area contributed by atoms with Crippen molar-refractivity contribution in [3.05, 3.63) is 95.2 Å². The molecule has 0 aliphatic carbocycles. The molecule has 3 aliphatic heterocycles. The molecular formula is C86H53N7O7-2. The highest BCUT2D eigenvalue weighted by Crippen LogP contribution is 2.48. The number of amides is 1. The quantitative estimate of drug-likeness (QED) is 0.151. The second kappa shape index (κ2) is 43.1. The molecule has 0 saturated carbocycles. The molecular weight excluding hydrogens is 1240 g/mol. The summed E-state index contributed by atoms with van der Waals surface area (Å²) in [4.78, 5) is 57.2. The maximum atomic E-state index is 13.8. The van der Waals surface area contributed by atoms with Crippen LogP contribution in [-0.4, -0.2) is 132 Å². The number of aliphatic carboxylic acids is 3. The topological polar surface area (TPSA) is 169 Å². The van der Waals surface area contributed by atoms with Crippen LogP contribution >= 0.6 is 0 Å². The summed E-state index contributed by atoms with van der Waals surface area (Å²) >= 11 is 0. The molecule has 0 aromatic heterocycles. The average Bonchev–Trinajstić information content (AvgIpc) is 1.60. The van der Waals surface area contributed by atoms with Crippen LogP contribution in [0.1, 0.15) is 44.4 Å². The van der Waals surface area contributed by atoms with E-state index in [0.717, 1.165) is 39.5 Å². The van der Waals surface area contributed by atoms with Gasteiger partial charge in [0.1, 0.15) is 0 Å². The Kier molecular flexibility index (Phi) is 32.7. The lowest BCUT2D eigenvalue weighted by Gasteiger charge is -2.34. The number of carbonyl (C=O) groups is 4. The zero-order valence-electron chi connectivity index (χ0n) is 54.8. The molecule has 1 fully saturated rings. The second-order valence-corrected chi connectivity index (χ2v) is 21.2. The molecule has 0 atom stereocenters.